The van der Waals surface area contributed by atoms with Crippen LogP contribution in [0, 0.1) is 5.82 Å². The fourth-order valence-corrected chi connectivity index (χ4v) is 1.55. The molecule has 1 aromatic heterocycles. The van der Waals surface area contributed by atoms with Crippen molar-refractivity contribution < 1.29 is 8.91 Å². The van der Waals surface area contributed by atoms with E-state index in [2.05, 4.69) is 10.5 Å². The summed E-state index contributed by atoms with van der Waals surface area (Å²) in [6.45, 7) is 1.15. The van der Waals surface area contributed by atoms with Gasteiger partial charge in [0.2, 0.25) is 0 Å². The summed E-state index contributed by atoms with van der Waals surface area (Å²) in [6.07, 6.45) is 1.52. The van der Waals surface area contributed by atoms with Crippen LogP contribution in [-0.4, -0.2) is 5.16 Å². The van der Waals surface area contributed by atoms with Crippen LogP contribution >= 0.6 is 11.6 Å². The summed E-state index contributed by atoms with van der Waals surface area (Å²) in [7, 11) is 0. The van der Waals surface area contributed by atoms with Gasteiger partial charge in [-0.3, -0.25) is 0 Å². The standard InChI is InChI=1S/C11H10ClFN2O/c12-11-5-9(13)2-1-8(11)6-14-7-10-3-4-16-15-10/h1-5,14H,6-7H2. The van der Waals surface area contributed by atoms with Crippen LogP contribution in [0.4, 0.5) is 4.39 Å². The number of rotatable bonds is 4. The van der Waals surface area contributed by atoms with Crippen LogP contribution in [-0.2, 0) is 13.1 Å². The number of halogens is 2. The van der Waals surface area contributed by atoms with Crippen molar-refractivity contribution in [3.05, 3.63) is 52.6 Å². The molecule has 0 radical (unpaired) electrons. The van der Waals surface area contributed by atoms with Crippen molar-refractivity contribution in [1.82, 2.24) is 10.5 Å². The lowest BCUT2D eigenvalue weighted by Crippen LogP contribution is -2.13. The van der Waals surface area contributed by atoms with Gasteiger partial charge in [0.25, 0.3) is 0 Å². The molecular weight excluding hydrogens is 231 g/mol. The monoisotopic (exact) mass is 240 g/mol. The first-order chi connectivity index (χ1) is 7.75. The first kappa shape index (κ1) is 11.1. The molecule has 0 unspecified atom stereocenters. The van der Waals surface area contributed by atoms with Gasteiger partial charge in [-0.25, -0.2) is 4.39 Å². The fourth-order valence-electron chi connectivity index (χ4n) is 1.32. The first-order valence-electron chi connectivity index (χ1n) is 4.79. The van der Waals surface area contributed by atoms with E-state index in [0.29, 0.717) is 18.1 Å². The Morgan fingerprint density at radius 3 is 2.88 bits per heavy atom. The van der Waals surface area contributed by atoms with Crippen molar-refractivity contribution in [2.24, 2.45) is 0 Å². The largest absolute Gasteiger partial charge is 0.364 e. The number of hydrogen-bond donors (Lipinski definition) is 1. The number of nitrogens with zero attached hydrogens (tertiary/aromatic N) is 1. The van der Waals surface area contributed by atoms with Crippen molar-refractivity contribution >= 4 is 11.6 Å². The molecule has 5 heteroatoms. The fraction of sp³-hybridized carbons (Fsp3) is 0.182. The van der Waals surface area contributed by atoms with Crippen molar-refractivity contribution in [2.45, 2.75) is 13.1 Å². The Kier molecular flexibility index (Phi) is 3.54. The predicted molar refractivity (Wildman–Crippen MR) is 58.5 cm³/mol. The maximum absolute atomic E-state index is 12.8. The molecule has 84 valence electrons. The highest BCUT2D eigenvalue weighted by Gasteiger charge is 2.02. The van der Waals surface area contributed by atoms with E-state index in [1.807, 2.05) is 0 Å². The van der Waals surface area contributed by atoms with E-state index in [4.69, 9.17) is 16.1 Å². The summed E-state index contributed by atoms with van der Waals surface area (Å²) in [4.78, 5) is 0. The predicted octanol–water partition coefficient (Wildman–Crippen LogP) is 2.76. The van der Waals surface area contributed by atoms with Gasteiger partial charge in [-0.05, 0) is 17.7 Å². The quantitative estimate of drug-likeness (QED) is 0.893. The number of hydrogen-bond acceptors (Lipinski definition) is 3. The lowest BCUT2D eigenvalue weighted by atomic mass is 10.2. The van der Waals surface area contributed by atoms with Gasteiger partial charge in [-0.1, -0.05) is 22.8 Å². The normalized spacial score (nSPS) is 10.6. The lowest BCUT2D eigenvalue weighted by molar-refractivity contribution is 0.408. The SMILES string of the molecule is Fc1ccc(CNCc2ccon2)c(Cl)c1. The van der Waals surface area contributed by atoms with Gasteiger partial charge >= 0.3 is 0 Å². The molecule has 0 bridgehead atoms. The molecule has 16 heavy (non-hydrogen) atoms. The molecule has 3 nitrogen and oxygen atoms in total. The third kappa shape index (κ3) is 2.81. The third-order valence-electron chi connectivity index (χ3n) is 2.13. The molecule has 0 amide bonds. The summed E-state index contributed by atoms with van der Waals surface area (Å²) in [5.41, 5.74) is 1.67. The Hall–Kier alpha value is -1.39. The average molecular weight is 241 g/mol. The average Bonchev–Trinajstić information content (AvgIpc) is 2.74. The molecule has 0 aliphatic carbocycles. The summed E-state index contributed by atoms with van der Waals surface area (Å²) >= 11 is 5.88. The molecular formula is C11H10ClFN2O. The molecule has 0 aliphatic rings. The van der Waals surface area contributed by atoms with Gasteiger partial charge in [0.15, 0.2) is 0 Å². The van der Waals surface area contributed by atoms with Crippen LogP contribution < -0.4 is 5.32 Å². The number of nitrogens with one attached hydrogen (secondary N) is 1. The van der Waals surface area contributed by atoms with Crippen LogP contribution in [0.5, 0.6) is 0 Å². The highest BCUT2D eigenvalue weighted by Crippen LogP contribution is 2.16. The molecule has 1 N–H and O–H groups in total. The third-order valence-corrected chi connectivity index (χ3v) is 2.48. The molecule has 1 heterocycles. The second-order valence-electron chi connectivity index (χ2n) is 3.33. The van der Waals surface area contributed by atoms with E-state index in [1.165, 1.54) is 18.4 Å². The minimum absolute atomic E-state index is 0.328. The Bertz CT molecular complexity index is 459. The Morgan fingerprint density at radius 2 is 2.19 bits per heavy atom. The Labute approximate surface area is 97.2 Å². The summed E-state index contributed by atoms with van der Waals surface area (Å²) < 4.78 is 17.5. The Morgan fingerprint density at radius 1 is 1.31 bits per heavy atom. The maximum Gasteiger partial charge on any atom is 0.124 e. The van der Waals surface area contributed by atoms with Crippen LogP contribution in [0.15, 0.2) is 35.1 Å². The zero-order chi connectivity index (χ0) is 11.4. The smallest absolute Gasteiger partial charge is 0.124 e. The molecule has 2 rings (SSSR count). The first-order valence-corrected chi connectivity index (χ1v) is 5.17. The molecule has 0 atom stereocenters. The van der Waals surface area contributed by atoms with E-state index < -0.39 is 0 Å². The van der Waals surface area contributed by atoms with Gasteiger partial charge in [-0.15, -0.1) is 0 Å². The molecule has 0 saturated heterocycles. The summed E-state index contributed by atoms with van der Waals surface area (Å²) in [5.74, 6) is -0.328. The molecule has 0 fully saturated rings. The highest BCUT2D eigenvalue weighted by molar-refractivity contribution is 6.31. The van der Waals surface area contributed by atoms with E-state index in [9.17, 15) is 4.39 Å². The van der Waals surface area contributed by atoms with Gasteiger partial charge < -0.3 is 9.84 Å². The summed E-state index contributed by atoms with van der Waals surface area (Å²) in [5, 5.41) is 7.31. The molecule has 0 aliphatic heterocycles. The van der Waals surface area contributed by atoms with Crippen LogP contribution in [0.2, 0.25) is 5.02 Å². The van der Waals surface area contributed by atoms with Gasteiger partial charge in [0.1, 0.15) is 12.1 Å². The second-order valence-corrected chi connectivity index (χ2v) is 3.74. The molecule has 1 aromatic carbocycles. The maximum atomic E-state index is 12.8. The van der Waals surface area contributed by atoms with Crippen LogP contribution in [0.25, 0.3) is 0 Å². The van der Waals surface area contributed by atoms with Crippen molar-refractivity contribution in [1.29, 1.82) is 0 Å². The zero-order valence-corrected chi connectivity index (χ0v) is 9.17. The molecule has 0 spiro atoms. The van der Waals surface area contributed by atoms with E-state index in [-0.39, 0.29) is 5.82 Å². The van der Waals surface area contributed by atoms with E-state index in [0.717, 1.165) is 11.3 Å². The van der Waals surface area contributed by atoms with Gasteiger partial charge in [0.05, 0.1) is 5.69 Å². The lowest BCUT2D eigenvalue weighted by Gasteiger charge is -2.05. The minimum Gasteiger partial charge on any atom is -0.364 e. The number of aromatic nitrogens is 1. The second kappa shape index (κ2) is 5.09. The zero-order valence-electron chi connectivity index (χ0n) is 8.41. The van der Waals surface area contributed by atoms with E-state index >= 15 is 0 Å². The highest BCUT2D eigenvalue weighted by atomic mass is 35.5. The molecule has 2 aromatic rings. The van der Waals surface area contributed by atoms with Crippen molar-refractivity contribution in [3.8, 4) is 0 Å². The van der Waals surface area contributed by atoms with Crippen LogP contribution in [0.1, 0.15) is 11.3 Å². The molecule has 0 saturated carbocycles. The van der Waals surface area contributed by atoms with Crippen molar-refractivity contribution in [3.63, 3.8) is 0 Å². The Balaban J connectivity index is 1.90. The van der Waals surface area contributed by atoms with Crippen molar-refractivity contribution in [2.75, 3.05) is 0 Å². The summed E-state index contributed by atoms with van der Waals surface area (Å²) in [6, 6.07) is 6.13. The van der Waals surface area contributed by atoms with Gasteiger partial charge in [0, 0.05) is 24.2 Å². The van der Waals surface area contributed by atoms with Gasteiger partial charge in [-0.2, -0.15) is 0 Å². The minimum atomic E-state index is -0.328. The van der Waals surface area contributed by atoms with E-state index in [1.54, 1.807) is 12.1 Å². The number of benzene rings is 1. The topological polar surface area (TPSA) is 38.1 Å². The van der Waals surface area contributed by atoms with Crippen LogP contribution in [0.3, 0.4) is 0 Å².